The zero-order valence-electron chi connectivity index (χ0n) is 4.79. The highest BCUT2D eigenvalue weighted by Crippen LogP contribution is 2.01. The van der Waals surface area contributed by atoms with Gasteiger partial charge in [0.1, 0.15) is 0 Å². The van der Waals surface area contributed by atoms with Gasteiger partial charge < -0.3 is 5.11 Å². The van der Waals surface area contributed by atoms with Crippen LogP contribution in [0.4, 0.5) is 0 Å². The summed E-state index contributed by atoms with van der Waals surface area (Å²) in [4.78, 5) is 10.5. The van der Waals surface area contributed by atoms with Gasteiger partial charge in [-0.25, -0.2) is 5.43 Å². The molecule has 0 fully saturated rings. The zero-order valence-corrected chi connectivity index (χ0v) is 4.79. The van der Waals surface area contributed by atoms with E-state index in [1.807, 2.05) is 0 Å². The molecule has 1 atom stereocenters. The number of aliphatic hydroxyl groups excluding tert-OH is 1. The van der Waals surface area contributed by atoms with Gasteiger partial charge in [-0.2, -0.15) is 5.10 Å². The van der Waals surface area contributed by atoms with E-state index in [1.54, 1.807) is 0 Å². The van der Waals surface area contributed by atoms with Crippen molar-refractivity contribution >= 4 is 12.1 Å². The molecule has 1 unspecified atom stereocenters. The van der Waals surface area contributed by atoms with E-state index in [2.05, 4.69) is 16.7 Å². The summed E-state index contributed by atoms with van der Waals surface area (Å²) >= 11 is 0. The Hall–Kier alpha value is -0.900. The van der Waals surface area contributed by atoms with Crippen molar-refractivity contribution in [3.05, 3.63) is 0 Å². The van der Waals surface area contributed by atoms with Crippen LogP contribution in [-0.4, -0.2) is 23.8 Å². The van der Waals surface area contributed by atoms with E-state index in [1.165, 1.54) is 0 Å². The van der Waals surface area contributed by atoms with Gasteiger partial charge in [0.05, 0.1) is 12.8 Å². The maximum atomic E-state index is 10.5. The quantitative estimate of drug-likeness (QED) is 0.473. The highest BCUT2D eigenvalue weighted by atomic mass is 16.3. The number of nitrogens with one attached hydrogen (secondary N) is 1. The molecule has 49 valence electrons. The monoisotopic (exact) mass is 127 g/mol. The van der Waals surface area contributed by atoms with Crippen LogP contribution in [0.25, 0.3) is 0 Å². The molecule has 0 aromatic heterocycles. The smallest absolute Gasteiger partial charge is 0.240 e. The van der Waals surface area contributed by atoms with Crippen LogP contribution >= 0.6 is 0 Å². The first-order chi connectivity index (χ1) is 4.33. The second-order valence-electron chi connectivity index (χ2n) is 1.86. The lowest BCUT2D eigenvalue weighted by molar-refractivity contribution is -0.122. The molecular formula is C5H7N2O2. The molecule has 2 N–H and O–H groups in total. The molecule has 1 radical (unpaired) electrons. The van der Waals surface area contributed by atoms with Crippen molar-refractivity contribution in [3.8, 4) is 0 Å². The van der Waals surface area contributed by atoms with Gasteiger partial charge >= 0.3 is 0 Å². The molecule has 4 nitrogen and oxygen atoms in total. The van der Waals surface area contributed by atoms with Gasteiger partial charge in [0.25, 0.3) is 0 Å². The lowest BCUT2D eigenvalue weighted by Gasteiger charge is -2.10. The third kappa shape index (κ3) is 1.50. The number of hydrogen-bond donors (Lipinski definition) is 2. The van der Waals surface area contributed by atoms with E-state index in [-0.39, 0.29) is 18.4 Å². The zero-order chi connectivity index (χ0) is 6.69. The number of carbonyl (C=O) groups is 1. The van der Waals surface area contributed by atoms with E-state index < -0.39 is 0 Å². The Kier molecular flexibility index (Phi) is 1.79. The summed E-state index contributed by atoms with van der Waals surface area (Å²) in [5.74, 6) is -0.369. The Morgan fingerprint density at radius 2 is 2.78 bits per heavy atom. The summed E-state index contributed by atoms with van der Waals surface area (Å²) < 4.78 is 0. The molecule has 1 aliphatic heterocycles. The Balaban J connectivity index is 2.49. The van der Waals surface area contributed by atoms with E-state index in [0.717, 1.165) is 0 Å². The first-order valence-electron chi connectivity index (χ1n) is 2.68. The number of rotatable bonds is 1. The Labute approximate surface area is 52.6 Å². The van der Waals surface area contributed by atoms with Crippen LogP contribution < -0.4 is 5.43 Å². The van der Waals surface area contributed by atoms with Gasteiger partial charge in [-0.3, -0.25) is 4.79 Å². The van der Waals surface area contributed by atoms with Gasteiger partial charge in [0.2, 0.25) is 5.91 Å². The summed E-state index contributed by atoms with van der Waals surface area (Å²) in [6.07, 6.45) is 2.83. The average molecular weight is 127 g/mol. The molecule has 1 rings (SSSR count). The lowest BCUT2D eigenvalue weighted by atomic mass is 10.1. The molecule has 0 aromatic rings. The minimum Gasteiger partial charge on any atom is -0.396 e. The van der Waals surface area contributed by atoms with Crippen molar-refractivity contribution in [2.24, 2.45) is 11.0 Å². The summed E-state index contributed by atoms with van der Waals surface area (Å²) in [5.41, 5.74) is 2.21. The van der Waals surface area contributed by atoms with E-state index in [0.29, 0.717) is 6.42 Å². The number of nitrogens with zero attached hydrogens (tertiary/aromatic N) is 1. The number of amides is 1. The van der Waals surface area contributed by atoms with Gasteiger partial charge in [-0.1, -0.05) is 0 Å². The molecule has 0 aromatic carbocycles. The standard InChI is InChI=1S/C5H7N2O2/c8-3-4-1-5(9)7-6-2-4/h4,8H,1,3H2,(H,7,9). The van der Waals surface area contributed by atoms with Crippen LogP contribution in [0, 0.1) is 5.92 Å². The molecule has 4 heteroatoms. The molecule has 0 bridgehead atoms. The number of carbonyl (C=O) groups excluding carboxylic acids is 1. The van der Waals surface area contributed by atoms with Crippen LogP contribution in [0.1, 0.15) is 6.42 Å². The second-order valence-corrected chi connectivity index (χ2v) is 1.86. The molecule has 1 aliphatic rings. The maximum Gasteiger partial charge on any atom is 0.240 e. The van der Waals surface area contributed by atoms with Crippen molar-refractivity contribution in [2.75, 3.05) is 6.61 Å². The predicted molar refractivity (Wildman–Crippen MR) is 30.8 cm³/mol. The second kappa shape index (κ2) is 2.59. The largest absolute Gasteiger partial charge is 0.396 e. The number of hydrazone groups is 1. The molecule has 1 heterocycles. The van der Waals surface area contributed by atoms with Crippen LogP contribution in [-0.2, 0) is 4.79 Å². The highest BCUT2D eigenvalue weighted by molar-refractivity contribution is 5.83. The minimum atomic E-state index is -0.209. The Morgan fingerprint density at radius 3 is 3.22 bits per heavy atom. The van der Waals surface area contributed by atoms with Crippen LogP contribution in [0.2, 0.25) is 0 Å². The lowest BCUT2D eigenvalue weighted by Crippen LogP contribution is -2.28. The molecule has 0 aliphatic carbocycles. The minimum absolute atomic E-state index is 0.0586. The fourth-order valence-electron chi connectivity index (χ4n) is 0.606. The van der Waals surface area contributed by atoms with Crippen molar-refractivity contribution in [3.63, 3.8) is 0 Å². The summed E-state index contributed by atoms with van der Waals surface area (Å²) in [6.45, 7) is -0.0586. The van der Waals surface area contributed by atoms with Crippen molar-refractivity contribution in [1.29, 1.82) is 0 Å². The van der Waals surface area contributed by atoms with E-state index in [4.69, 9.17) is 5.11 Å². The average Bonchev–Trinajstić information content (AvgIpc) is 1.88. The van der Waals surface area contributed by atoms with E-state index in [9.17, 15) is 4.79 Å². The van der Waals surface area contributed by atoms with E-state index >= 15 is 0 Å². The van der Waals surface area contributed by atoms with Crippen molar-refractivity contribution < 1.29 is 9.90 Å². The Morgan fingerprint density at radius 1 is 2.00 bits per heavy atom. The SMILES string of the molecule is O=C1CC(CO)[C]=NN1. The fourth-order valence-corrected chi connectivity index (χ4v) is 0.606. The Bertz CT molecular complexity index is 144. The molecule has 1 amide bonds. The van der Waals surface area contributed by atoms with Crippen LogP contribution in [0.15, 0.2) is 5.10 Å². The topological polar surface area (TPSA) is 61.7 Å². The van der Waals surface area contributed by atoms with Gasteiger partial charge in [-0.15, -0.1) is 0 Å². The molecule has 9 heavy (non-hydrogen) atoms. The molecular weight excluding hydrogens is 120 g/mol. The third-order valence-electron chi connectivity index (χ3n) is 1.08. The molecule has 0 saturated heterocycles. The predicted octanol–water partition coefficient (Wildman–Crippen LogP) is -1.02. The first-order valence-corrected chi connectivity index (χ1v) is 2.68. The number of hydrogen-bond acceptors (Lipinski definition) is 3. The highest BCUT2D eigenvalue weighted by Gasteiger charge is 2.14. The summed E-state index contributed by atoms with van der Waals surface area (Å²) in [5, 5.41) is 11.9. The first kappa shape index (κ1) is 6.22. The third-order valence-corrected chi connectivity index (χ3v) is 1.08. The van der Waals surface area contributed by atoms with Crippen LogP contribution in [0.5, 0.6) is 0 Å². The summed E-state index contributed by atoms with van der Waals surface area (Å²) in [6, 6.07) is 0. The fraction of sp³-hybridized carbons (Fsp3) is 0.600. The normalized spacial score (nSPS) is 25.9. The molecule has 0 saturated carbocycles. The van der Waals surface area contributed by atoms with Crippen LogP contribution in [0.3, 0.4) is 0 Å². The maximum absolute atomic E-state index is 10.5. The van der Waals surface area contributed by atoms with Crippen molar-refractivity contribution in [1.82, 2.24) is 5.43 Å². The number of aliphatic hydroxyl groups is 1. The molecule has 0 spiro atoms. The van der Waals surface area contributed by atoms with Gasteiger partial charge in [0.15, 0.2) is 0 Å². The summed E-state index contributed by atoms with van der Waals surface area (Å²) in [7, 11) is 0. The van der Waals surface area contributed by atoms with Crippen molar-refractivity contribution in [2.45, 2.75) is 6.42 Å². The van der Waals surface area contributed by atoms with Gasteiger partial charge in [0, 0.05) is 12.3 Å². The van der Waals surface area contributed by atoms with Gasteiger partial charge in [-0.05, 0) is 0 Å².